The summed E-state index contributed by atoms with van der Waals surface area (Å²) in [4.78, 5) is 2.45. The maximum Gasteiger partial charge on any atom is 0.137 e. The largest absolute Gasteiger partial charge is 0.380 e. The molecule has 1 fully saturated rings. The average molecular weight is 380 g/mol. The van der Waals surface area contributed by atoms with Gasteiger partial charge >= 0.3 is 0 Å². The van der Waals surface area contributed by atoms with Crippen LogP contribution in [0.4, 0.5) is 0 Å². The van der Waals surface area contributed by atoms with E-state index in [0.717, 1.165) is 43.2 Å². The van der Waals surface area contributed by atoms with E-state index in [1.54, 1.807) is 7.11 Å². The second kappa shape index (κ2) is 7.89. The molecular weight excluding hydrogens is 352 g/mol. The van der Waals surface area contributed by atoms with Gasteiger partial charge in [-0.3, -0.25) is 10.00 Å². The number of aromatic amines is 1. The molecule has 0 amide bonds. The normalized spacial score (nSPS) is 20.1. The summed E-state index contributed by atoms with van der Waals surface area (Å²) in [5, 5.41) is 11.6. The minimum Gasteiger partial charge on any atom is -0.380 e. The number of hydrogen-bond acceptors (Lipinski definition) is 5. The van der Waals surface area contributed by atoms with Crippen LogP contribution < -0.4 is 0 Å². The summed E-state index contributed by atoms with van der Waals surface area (Å²) in [6.07, 6.45) is 3.00. The van der Waals surface area contributed by atoms with Crippen LogP contribution >= 0.6 is 0 Å². The van der Waals surface area contributed by atoms with Crippen LogP contribution in [-0.2, 0) is 17.7 Å². The number of hydrogen-bond donors (Lipinski definition) is 1. The molecule has 6 heteroatoms. The van der Waals surface area contributed by atoms with Gasteiger partial charge in [0, 0.05) is 56.3 Å². The topological polar surface area (TPSA) is 67.2 Å². The molecule has 0 aliphatic carbocycles. The highest BCUT2D eigenvalue weighted by Gasteiger charge is 2.34. The molecule has 28 heavy (non-hydrogen) atoms. The highest BCUT2D eigenvalue weighted by Crippen LogP contribution is 2.30. The van der Waals surface area contributed by atoms with Gasteiger partial charge in [-0.2, -0.15) is 5.10 Å². The molecule has 2 atom stereocenters. The van der Waals surface area contributed by atoms with Crippen molar-refractivity contribution in [3.05, 3.63) is 58.6 Å². The van der Waals surface area contributed by atoms with Gasteiger partial charge in [0.25, 0.3) is 0 Å². The highest BCUT2D eigenvalue weighted by molar-refractivity contribution is 5.67. The summed E-state index contributed by atoms with van der Waals surface area (Å²) < 4.78 is 11.2. The molecule has 1 aliphatic rings. The zero-order valence-electron chi connectivity index (χ0n) is 17.0. The second-order valence-corrected chi connectivity index (χ2v) is 7.96. The maximum absolute atomic E-state index is 5.77. The number of rotatable bonds is 6. The van der Waals surface area contributed by atoms with E-state index in [-0.39, 0.29) is 6.10 Å². The molecule has 3 aromatic rings. The van der Waals surface area contributed by atoms with E-state index in [1.165, 1.54) is 22.3 Å². The smallest absolute Gasteiger partial charge is 0.137 e. The standard InChI is InChI=1S/C22H28N4O2/c1-14-5-6-15(2)20(7-14)22-18(10-23-24-22)12-26-11-17(21(13-26)27-4)9-19-8-16(3)25-28-19/h5-8,10,17,21H,9,11-13H2,1-4H3,(H,23,24)/t17-,21+/m1/s1. The molecule has 0 saturated carbocycles. The Hall–Kier alpha value is -2.44. The Morgan fingerprint density at radius 2 is 2.07 bits per heavy atom. The molecule has 3 heterocycles. The molecule has 6 nitrogen and oxygen atoms in total. The Morgan fingerprint density at radius 1 is 1.21 bits per heavy atom. The fourth-order valence-electron chi connectivity index (χ4n) is 4.20. The van der Waals surface area contributed by atoms with Crippen molar-refractivity contribution in [1.29, 1.82) is 0 Å². The van der Waals surface area contributed by atoms with Gasteiger partial charge in [0.2, 0.25) is 0 Å². The number of nitrogens with zero attached hydrogens (tertiary/aromatic N) is 3. The van der Waals surface area contributed by atoms with E-state index >= 15 is 0 Å². The van der Waals surface area contributed by atoms with E-state index in [9.17, 15) is 0 Å². The van der Waals surface area contributed by atoms with Gasteiger partial charge in [0.05, 0.1) is 23.7 Å². The number of ether oxygens (including phenoxy) is 1. The lowest BCUT2D eigenvalue weighted by Crippen LogP contribution is -2.23. The molecule has 1 aliphatic heterocycles. The molecule has 0 spiro atoms. The lowest BCUT2D eigenvalue weighted by atomic mass is 10.00. The van der Waals surface area contributed by atoms with E-state index in [0.29, 0.717) is 5.92 Å². The van der Waals surface area contributed by atoms with Gasteiger partial charge in [0.15, 0.2) is 0 Å². The first kappa shape index (κ1) is 18.9. The Morgan fingerprint density at radius 3 is 2.82 bits per heavy atom. The van der Waals surface area contributed by atoms with Crippen LogP contribution in [0.5, 0.6) is 0 Å². The monoisotopic (exact) mass is 380 g/mol. The quantitative estimate of drug-likeness (QED) is 0.707. The van der Waals surface area contributed by atoms with Crippen molar-refractivity contribution in [1.82, 2.24) is 20.3 Å². The van der Waals surface area contributed by atoms with E-state index in [1.807, 2.05) is 19.2 Å². The Bertz CT molecular complexity index is 946. The predicted molar refractivity (Wildman–Crippen MR) is 108 cm³/mol. The fourth-order valence-corrected chi connectivity index (χ4v) is 4.20. The van der Waals surface area contributed by atoms with Crippen molar-refractivity contribution < 1.29 is 9.26 Å². The minimum absolute atomic E-state index is 0.196. The molecule has 2 aromatic heterocycles. The minimum atomic E-state index is 0.196. The van der Waals surface area contributed by atoms with E-state index in [4.69, 9.17) is 9.26 Å². The third-order valence-electron chi connectivity index (χ3n) is 5.67. The third kappa shape index (κ3) is 3.88. The number of H-pyrrole nitrogens is 1. The molecule has 0 unspecified atom stereocenters. The zero-order chi connectivity index (χ0) is 19.7. The van der Waals surface area contributed by atoms with Crippen molar-refractivity contribution in [3.63, 3.8) is 0 Å². The van der Waals surface area contributed by atoms with Crippen LogP contribution in [0.1, 0.15) is 28.1 Å². The van der Waals surface area contributed by atoms with Crippen molar-refractivity contribution in [2.45, 2.75) is 39.8 Å². The summed E-state index contributed by atoms with van der Waals surface area (Å²) >= 11 is 0. The molecule has 1 saturated heterocycles. The summed E-state index contributed by atoms with van der Waals surface area (Å²) in [7, 11) is 1.80. The van der Waals surface area contributed by atoms with Crippen molar-refractivity contribution >= 4 is 0 Å². The summed E-state index contributed by atoms with van der Waals surface area (Å²) in [5.41, 5.74) is 7.00. The Kier molecular flexibility index (Phi) is 5.33. The van der Waals surface area contributed by atoms with Crippen molar-refractivity contribution in [2.24, 2.45) is 5.92 Å². The van der Waals surface area contributed by atoms with E-state index in [2.05, 4.69) is 52.3 Å². The first-order valence-corrected chi connectivity index (χ1v) is 9.80. The van der Waals surface area contributed by atoms with Crippen LogP contribution in [0.15, 0.2) is 35.0 Å². The van der Waals surface area contributed by atoms with Crippen LogP contribution in [0, 0.1) is 26.7 Å². The van der Waals surface area contributed by atoms with E-state index < -0.39 is 0 Å². The zero-order valence-corrected chi connectivity index (χ0v) is 17.0. The molecule has 1 aromatic carbocycles. The summed E-state index contributed by atoms with van der Waals surface area (Å²) in [6.45, 7) is 8.95. The molecule has 4 rings (SSSR count). The molecule has 1 N–H and O–H groups in total. The van der Waals surface area contributed by atoms with Crippen LogP contribution in [0.3, 0.4) is 0 Å². The number of methoxy groups -OCH3 is 1. The number of aryl methyl sites for hydroxylation is 3. The van der Waals surface area contributed by atoms with Crippen molar-refractivity contribution in [3.8, 4) is 11.3 Å². The summed E-state index contributed by atoms with van der Waals surface area (Å²) in [6, 6.07) is 8.56. The number of aromatic nitrogens is 3. The molecule has 0 radical (unpaired) electrons. The van der Waals surface area contributed by atoms with Crippen molar-refractivity contribution in [2.75, 3.05) is 20.2 Å². The lowest BCUT2D eigenvalue weighted by molar-refractivity contribution is 0.0762. The van der Waals surface area contributed by atoms with Crippen LogP contribution in [-0.4, -0.2) is 46.6 Å². The van der Waals surface area contributed by atoms with Gasteiger partial charge in [-0.05, 0) is 32.4 Å². The number of benzene rings is 1. The third-order valence-corrected chi connectivity index (χ3v) is 5.67. The summed E-state index contributed by atoms with van der Waals surface area (Å²) in [5.74, 6) is 1.33. The lowest BCUT2D eigenvalue weighted by Gasteiger charge is -2.16. The van der Waals surface area contributed by atoms with Crippen LogP contribution in [0.2, 0.25) is 0 Å². The highest BCUT2D eigenvalue weighted by atomic mass is 16.5. The van der Waals surface area contributed by atoms with Crippen LogP contribution in [0.25, 0.3) is 11.3 Å². The average Bonchev–Trinajstić information content (AvgIpc) is 3.38. The molecular formula is C22H28N4O2. The molecule has 148 valence electrons. The molecule has 0 bridgehead atoms. The predicted octanol–water partition coefficient (Wildman–Crippen LogP) is 3.68. The SMILES string of the molecule is CO[C@H]1CN(Cc2cn[nH]c2-c2cc(C)ccc2C)C[C@H]1Cc1cc(C)no1. The maximum atomic E-state index is 5.77. The van der Waals surface area contributed by atoms with Gasteiger partial charge in [-0.15, -0.1) is 0 Å². The second-order valence-electron chi connectivity index (χ2n) is 7.96. The Balaban J connectivity index is 1.49. The number of nitrogens with one attached hydrogen (secondary N) is 1. The Labute approximate surface area is 165 Å². The van der Waals surface area contributed by atoms with Gasteiger partial charge in [0.1, 0.15) is 5.76 Å². The van der Waals surface area contributed by atoms with Gasteiger partial charge in [-0.1, -0.05) is 22.9 Å². The van der Waals surface area contributed by atoms with Gasteiger partial charge < -0.3 is 9.26 Å². The first-order chi connectivity index (χ1) is 13.5. The number of likely N-dealkylation sites (tertiary alicyclic amines) is 1. The fraction of sp³-hybridized carbons (Fsp3) is 0.455. The first-order valence-electron chi connectivity index (χ1n) is 9.80. The van der Waals surface area contributed by atoms with Gasteiger partial charge in [-0.25, -0.2) is 0 Å².